The summed E-state index contributed by atoms with van der Waals surface area (Å²) in [4.78, 5) is 10.6. The lowest BCUT2D eigenvalue weighted by Gasteiger charge is -2.08. The molecule has 0 atom stereocenters. The lowest BCUT2D eigenvalue weighted by atomic mass is 10.2. The molecule has 21 heavy (non-hydrogen) atoms. The van der Waals surface area contributed by atoms with Crippen LogP contribution in [-0.2, 0) is 10.0 Å². The molecule has 2 rings (SSSR count). The third-order valence-corrected chi connectivity index (χ3v) is 6.19. The molecule has 1 aromatic heterocycles. The maximum Gasteiger partial charge on any atom is 0.345 e. The van der Waals surface area contributed by atoms with Crippen molar-refractivity contribution in [3.05, 3.63) is 44.3 Å². The molecular weight excluding hydrogens is 385 g/mol. The fourth-order valence-corrected chi connectivity index (χ4v) is 5.01. The molecule has 0 aliphatic rings. The topological polar surface area (TPSA) is 83.5 Å². The number of hydrogen-bond acceptors (Lipinski definition) is 4. The molecule has 5 nitrogen and oxygen atoms in total. The van der Waals surface area contributed by atoms with Gasteiger partial charge >= 0.3 is 5.97 Å². The van der Waals surface area contributed by atoms with Gasteiger partial charge in [-0.2, -0.15) is 0 Å². The normalized spacial score (nSPS) is 11.4. The first kappa shape index (κ1) is 15.9. The van der Waals surface area contributed by atoms with Crippen LogP contribution in [0, 0.1) is 12.7 Å². The summed E-state index contributed by atoms with van der Waals surface area (Å²) >= 11 is 3.84. The number of carbonyl (C=O) groups is 1. The molecule has 1 aromatic carbocycles. The Morgan fingerprint density at radius 2 is 2.05 bits per heavy atom. The number of halogens is 2. The van der Waals surface area contributed by atoms with Gasteiger partial charge in [-0.25, -0.2) is 17.6 Å². The predicted octanol–water partition coefficient (Wildman–Crippen LogP) is 3.46. The Morgan fingerprint density at radius 3 is 2.57 bits per heavy atom. The summed E-state index contributed by atoms with van der Waals surface area (Å²) in [6.45, 7) is 1.51. The van der Waals surface area contributed by atoms with Gasteiger partial charge in [-0.1, -0.05) is 0 Å². The van der Waals surface area contributed by atoms with Crippen molar-refractivity contribution in [2.75, 3.05) is 4.72 Å². The van der Waals surface area contributed by atoms with Gasteiger partial charge in [-0.15, -0.1) is 11.3 Å². The summed E-state index contributed by atoms with van der Waals surface area (Å²) in [5.41, 5.74) is 0.495. The number of aryl methyl sites for hydroxylation is 1. The number of thiophene rings is 1. The molecule has 112 valence electrons. The molecule has 2 N–H and O–H groups in total. The third kappa shape index (κ3) is 3.42. The van der Waals surface area contributed by atoms with Gasteiger partial charge in [-0.05, 0) is 52.7 Å². The van der Waals surface area contributed by atoms with Crippen LogP contribution in [0.15, 0.2) is 32.9 Å². The SMILES string of the molecule is Cc1cc(NS(=O)(=O)c2cc(C(=O)O)sc2Br)ccc1F. The maximum atomic E-state index is 13.2. The number of carboxylic acids is 1. The molecule has 0 bridgehead atoms. The number of hydrogen-bond donors (Lipinski definition) is 2. The van der Waals surface area contributed by atoms with Crippen LogP contribution in [-0.4, -0.2) is 19.5 Å². The first-order chi connectivity index (χ1) is 9.70. The van der Waals surface area contributed by atoms with E-state index in [9.17, 15) is 17.6 Å². The molecule has 9 heteroatoms. The van der Waals surface area contributed by atoms with Crippen molar-refractivity contribution in [1.82, 2.24) is 0 Å². The molecule has 0 radical (unpaired) electrons. The molecule has 0 fully saturated rings. The molecule has 0 unspecified atom stereocenters. The molecule has 0 amide bonds. The largest absolute Gasteiger partial charge is 0.477 e. The van der Waals surface area contributed by atoms with Crippen LogP contribution in [0.5, 0.6) is 0 Å². The fraction of sp³-hybridized carbons (Fsp3) is 0.0833. The van der Waals surface area contributed by atoms with E-state index in [-0.39, 0.29) is 19.2 Å². The van der Waals surface area contributed by atoms with Crippen LogP contribution >= 0.6 is 27.3 Å². The second-order valence-electron chi connectivity index (χ2n) is 4.12. The Bertz CT molecular complexity index is 817. The van der Waals surface area contributed by atoms with Crippen LogP contribution in [0.2, 0.25) is 0 Å². The highest BCUT2D eigenvalue weighted by Gasteiger charge is 2.23. The van der Waals surface area contributed by atoms with E-state index in [4.69, 9.17) is 5.11 Å². The Hall–Kier alpha value is -1.45. The molecule has 0 saturated heterocycles. The number of aromatic carboxylic acids is 1. The highest BCUT2D eigenvalue weighted by molar-refractivity contribution is 9.11. The minimum Gasteiger partial charge on any atom is -0.477 e. The number of nitrogens with one attached hydrogen (secondary N) is 1. The average molecular weight is 394 g/mol. The summed E-state index contributed by atoms with van der Waals surface area (Å²) in [6.07, 6.45) is 0. The van der Waals surface area contributed by atoms with Crippen molar-refractivity contribution in [2.45, 2.75) is 11.8 Å². The zero-order chi connectivity index (χ0) is 15.8. The average Bonchev–Trinajstić information content (AvgIpc) is 2.77. The number of rotatable bonds is 4. The molecule has 0 aliphatic carbocycles. The number of sulfonamides is 1. The fourth-order valence-electron chi connectivity index (χ4n) is 1.56. The van der Waals surface area contributed by atoms with Crippen LogP contribution in [0.1, 0.15) is 15.2 Å². The monoisotopic (exact) mass is 393 g/mol. The third-order valence-electron chi connectivity index (χ3n) is 2.57. The Balaban J connectivity index is 2.38. The van der Waals surface area contributed by atoms with Gasteiger partial charge in [0.1, 0.15) is 15.6 Å². The Kier molecular flexibility index (Phi) is 4.35. The predicted molar refractivity (Wildman–Crippen MR) is 80.9 cm³/mol. The summed E-state index contributed by atoms with van der Waals surface area (Å²) < 4.78 is 40.1. The van der Waals surface area contributed by atoms with E-state index in [1.807, 2.05) is 0 Å². The van der Waals surface area contributed by atoms with Gasteiger partial charge in [0.2, 0.25) is 0 Å². The molecule has 0 spiro atoms. The summed E-state index contributed by atoms with van der Waals surface area (Å²) in [6, 6.07) is 4.86. The van der Waals surface area contributed by atoms with Crippen molar-refractivity contribution in [3.63, 3.8) is 0 Å². The van der Waals surface area contributed by atoms with Gasteiger partial charge in [0.25, 0.3) is 10.0 Å². The van der Waals surface area contributed by atoms with E-state index in [2.05, 4.69) is 20.7 Å². The van der Waals surface area contributed by atoms with E-state index in [0.29, 0.717) is 5.56 Å². The van der Waals surface area contributed by atoms with Crippen LogP contribution in [0.25, 0.3) is 0 Å². The van der Waals surface area contributed by atoms with Crippen LogP contribution in [0.4, 0.5) is 10.1 Å². The van der Waals surface area contributed by atoms with Gasteiger partial charge in [0.15, 0.2) is 0 Å². The molecule has 0 aliphatic heterocycles. The number of anilines is 1. The lowest BCUT2D eigenvalue weighted by molar-refractivity contribution is 0.0702. The van der Waals surface area contributed by atoms with E-state index < -0.39 is 21.8 Å². The molecule has 2 aromatic rings. The van der Waals surface area contributed by atoms with E-state index >= 15 is 0 Å². The molecule has 1 heterocycles. The van der Waals surface area contributed by atoms with Crippen LogP contribution in [0.3, 0.4) is 0 Å². The lowest BCUT2D eigenvalue weighted by Crippen LogP contribution is -2.13. The number of benzene rings is 1. The van der Waals surface area contributed by atoms with Crippen molar-refractivity contribution < 1.29 is 22.7 Å². The van der Waals surface area contributed by atoms with Crippen LogP contribution < -0.4 is 4.72 Å². The summed E-state index contributed by atoms with van der Waals surface area (Å²) in [7, 11) is -3.96. The van der Waals surface area contributed by atoms with Gasteiger partial charge < -0.3 is 5.11 Å². The zero-order valence-corrected chi connectivity index (χ0v) is 13.8. The quantitative estimate of drug-likeness (QED) is 0.832. The van der Waals surface area contributed by atoms with E-state index in [1.54, 1.807) is 0 Å². The second-order valence-corrected chi connectivity index (χ2v) is 8.14. The minimum atomic E-state index is -3.96. The van der Waals surface area contributed by atoms with Crippen molar-refractivity contribution >= 4 is 48.9 Å². The first-order valence-corrected chi connectivity index (χ1v) is 8.61. The smallest absolute Gasteiger partial charge is 0.345 e. The van der Waals surface area contributed by atoms with E-state index in [0.717, 1.165) is 23.5 Å². The summed E-state index contributed by atoms with van der Waals surface area (Å²) in [5, 5.41) is 8.88. The highest BCUT2D eigenvalue weighted by atomic mass is 79.9. The Labute approximate surface area is 132 Å². The van der Waals surface area contributed by atoms with E-state index in [1.165, 1.54) is 19.1 Å². The number of carboxylic acid groups (broad SMARTS) is 1. The summed E-state index contributed by atoms with van der Waals surface area (Å²) in [5.74, 6) is -1.65. The molecular formula is C12H9BrFNO4S2. The second kappa shape index (κ2) is 5.74. The molecule has 0 saturated carbocycles. The van der Waals surface area contributed by atoms with Crippen molar-refractivity contribution in [3.8, 4) is 0 Å². The van der Waals surface area contributed by atoms with Crippen molar-refractivity contribution in [1.29, 1.82) is 0 Å². The van der Waals surface area contributed by atoms with Gasteiger partial charge in [0.05, 0.1) is 3.79 Å². The van der Waals surface area contributed by atoms with Gasteiger partial charge in [-0.3, -0.25) is 4.72 Å². The first-order valence-electron chi connectivity index (χ1n) is 5.52. The maximum absolute atomic E-state index is 13.2. The van der Waals surface area contributed by atoms with Crippen molar-refractivity contribution in [2.24, 2.45) is 0 Å². The Morgan fingerprint density at radius 1 is 1.38 bits per heavy atom. The zero-order valence-electron chi connectivity index (χ0n) is 10.6. The van der Waals surface area contributed by atoms with Gasteiger partial charge in [0, 0.05) is 5.69 Å². The standard InChI is InChI=1S/C12H9BrFNO4S2/c1-6-4-7(2-3-8(6)14)15-21(18,19)10-5-9(12(16)17)20-11(10)13/h2-5,15H,1H3,(H,16,17). The minimum absolute atomic E-state index is 0.0995. The highest BCUT2D eigenvalue weighted by Crippen LogP contribution is 2.33.